The van der Waals surface area contributed by atoms with E-state index in [2.05, 4.69) is 4.98 Å². The first-order valence-electron chi connectivity index (χ1n) is 5.99. The van der Waals surface area contributed by atoms with Gasteiger partial charge in [0.15, 0.2) is 0 Å². The molecule has 0 unspecified atom stereocenters. The SMILES string of the molecule is COc1cccc2[nH]c3cc(Cl)c([N+](=O)[O-])cc3c(=O)c12. The molecule has 0 aliphatic carbocycles. The summed E-state index contributed by atoms with van der Waals surface area (Å²) in [5, 5.41) is 11.5. The van der Waals surface area contributed by atoms with Gasteiger partial charge in [0.05, 0.1) is 33.8 Å². The Labute approximate surface area is 123 Å². The molecule has 0 spiro atoms. The van der Waals surface area contributed by atoms with E-state index in [1.165, 1.54) is 19.2 Å². The second-order valence-corrected chi connectivity index (χ2v) is 4.85. The summed E-state index contributed by atoms with van der Waals surface area (Å²) in [6, 6.07) is 7.70. The fourth-order valence-electron chi connectivity index (χ4n) is 2.31. The summed E-state index contributed by atoms with van der Waals surface area (Å²) in [6.07, 6.45) is 0. The number of nitrogens with one attached hydrogen (secondary N) is 1. The standard InChI is InChI=1S/C14H9ClN2O4/c1-21-12-4-2-3-9-13(12)14(18)7-5-11(17(19)20)8(15)6-10(7)16-9/h2-6H,1H3,(H,16,18). The maximum absolute atomic E-state index is 12.6. The molecule has 0 amide bonds. The fraction of sp³-hybridized carbons (Fsp3) is 0.0714. The Morgan fingerprint density at radius 1 is 1.29 bits per heavy atom. The number of halogens is 1. The van der Waals surface area contributed by atoms with Gasteiger partial charge in [0.2, 0.25) is 5.43 Å². The van der Waals surface area contributed by atoms with E-state index in [9.17, 15) is 14.9 Å². The molecule has 0 saturated heterocycles. The van der Waals surface area contributed by atoms with Crippen LogP contribution in [0.2, 0.25) is 5.02 Å². The predicted octanol–water partition coefficient (Wildman–Crippen LogP) is 3.25. The van der Waals surface area contributed by atoms with Crippen molar-refractivity contribution in [3.05, 3.63) is 55.7 Å². The number of pyridine rings is 1. The summed E-state index contributed by atoms with van der Waals surface area (Å²) in [6.45, 7) is 0. The van der Waals surface area contributed by atoms with E-state index >= 15 is 0 Å². The van der Waals surface area contributed by atoms with Crippen molar-refractivity contribution in [1.29, 1.82) is 0 Å². The van der Waals surface area contributed by atoms with Crippen LogP contribution in [-0.4, -0.2) is 17.0 Å². The summed E-state index contributed by atoms with van der Waals surface area (Å²) in [5.41, 5.74) is 0.382. The molecule has 0 saturated carbocycles. The first-order valence-corrected chi connectivity index (χ1v) is 6.37. The molecule has 3 aromatic rings. The largest absolute Gasteiger partial charge is 0.496 e. The molecule has 0 radical (unpaired) electrons. The number of nitrogens with zero attached hydrogens (tertiary/aromatic N) is 1. The minimum Gasteiger partial charge on any atom is -0.496 e. The number of aromatic nitrogens is 1. The highest BCUT2D eigenvalue weighted by atomic mass is 35.5. The number of fused-ring (bicyclic) bond motifs is 2. The van der Waals surface area contributed by atoms with Crippen molar-refractivity contribution in [3.8, 4) is 5.75 Å². The summed E-state index contributed by atoms with van der Waals surface area (Å²) < 4.78 is 5.18. The average molecular weight is 305 g/mol. The van der Waals surface area contributed by atoms with Crippen LogP contribution in [0.5, 0.6) is 5.75 Å². The third kappa shape index (κ3) is 2.00. The van der Waals surface area contributed by atoms with Crippen molar-refractivity contribution in [2.45, 2.75) is 0 Å². The number of nitro groups is 1. The first-order chi connectivity index (χ1) is 10.0. The van der Waals surface area contributed by atoms with Gasteiger partial charge in [-0.05, 0) is 18.2 Å². The Kier molecular flexibility index (Phi) is 3.03. The summed E-state index contributed by atoms with van der Waals surface area (Å²) in [7, 11) is 1.46. The molecule has 7 heteroatoms. The number of methoxy groups -OCH3 is 1. The van der Waals surface area contributed by atoms with Crippen LogP contribution in [0.1, 0.15) is 0 Å². The summed E-state index contributed by atoms with van der Waals surface area (Å²) in [4.78, 5) is 26.0. The van der Waals surface area contributed by atoms with Crippen molar-refractivity contribution >= 4 is 39.1 Å². The first kappa shape index (κ1) is 13.4. The van der Waals surface area contributed by atoms with Crippen molar-refractivity contribution in [3.63, 3.8) is 0 Å². The number of hydrogen-bond donors (Lipinski definition) is 1. The predicted molar refractivity (Wildman–Crippen MR) is 80.3 cm³/mol. The van der Waals surface area contributed by atoms with Gasteiger partial charge in [-0.1, -0.05) is 17.7 Å². The van der Waals surface area contributed by atoms with Gasteiger partial charge in [-0.25, -0.2) is 0 Å². The second kappa shape index (κ2) is 4.75. The minimum atomic E-state index is -0.617. The molecule has 1 N–H and O–H groups in total. The molecule has 106 valence electrons. The van der Waals surface area contributed by atoms with Gasteiger partial charge in [0.25, 0.3) is 5.69 Å². The van der Waals surface area contributed by atoms with E-state index in [1.54, 1.807) is 18.2 Å². The molecule has 21 heavy (non-hydrogen) atoms. The normalized spacial score (nSPS) is 11.0. The lowest BCUT2D eigenvalue weighted by molar-refractivity contribution is -0.384. The number of H-pyrrole nitrogens is 1. The van der Waals surface area contributed by atoms with E-state index < -0.39 is 4.92 Å². The van der Waals surface area contributed by atoms with Crippen molar-refractivity contribution in [2.24, 2.45) is 0 Å². The Hall–Kier alpha value is -2.60. The molecular weight excluding hydrogens is 296 g/mol. The lowest BCUT2D eigenvalue weighted by atomic mass is 10.1. The highest BCUT2D eigenvalue weighted by molar-refractivity contribution is 6.33. The third-order valence-corrected chi connectivity index (χ3v) is 3.57. The molecule has 0 atom stereocenters. The number of rotatable bonds is 2. The van der Waals surface area contributed by atoms with Gasteiger partial charge in [0.1, 0.15) is 10.8 Å². The molecule has 1 aromatic heterocycles. The maximum atomic E-state index is 12.6. The number of benzene rings is 2. The molecule has 0 aliphatic rings. The summed E-state index contributed by atoms with van der Waals surface area (Å²) in [5.74, 6) is 0.410. The number of aromatic amines is 1. The monoisotopic (exact) mass is 304 g/mol. The van der Waals surface area contributed by atoms with Gasteiger partial charge < -0.3 is 9.72 Å². The lowest BCUT2D eigenvalue weighted by Crippen LogP contribution is -2.06. The van der Waals surface area contributed by atoms with Crippen LogP contribution in [-0.2, 0) is 0 Å². The van der Waals surface area contributed by atoms with E-state index in [-0.39, 0.29) is 21.5 Å². The highest BCUT2D eigenvalue weighted by Gasteiger charge is 2.17. The van der Waals surface area contributed by atoms with E-state index in [0.29, 0.717) is 22.2 Å². The van der Waals surface area contributed by atoms with Gasteiger partial charge in [-0.3, -0.25) is 14.9 Å². The van der Waals surface area contributed by atoms with Gasteiger partial charge in [-0.2, -0.15) is 0 Å². The van der Waals surface area contributed by atoms with Crippen LogP contribution < -0.4 is 10.2 Å². The van der Waals surface area contributed by atoms with Gasteiger partial charge in [0, 0.05) is 6.07 Å². The molecule has 1 heterocycles. The molecule has 2 aromatic carbocycles. The Bertz CT molecular complexity index is 949. The zero-order chi connectivity index (χ0) is 15.1. The molecule has 0 aliphatic heterocycles. The van der Waals surface area contributed by atoms with Crippen molar-refractivity contribution in [1.82, 2.24) is 4.98 Å². The average Bonchev–Trinajstić information content (AvgIpc) is 2.45. The van der Waals surface area contributed by atoms with Gasteiger partial charge >= 0.3 is 0 Å². The zero-order valence-corrected chi connectivity index (χ0v) is 11.6. The van der Waals surface area contributed by atoms with Gasteiger partial charge in [-0.15, -0.1) is 0 Å². The molecule has 0 fully saturated rings. The smallest absolute Gasteiger partial charge is 0.288 e. The van der Waals surface area contributed by atoms with E-state index in [0.717, 1.165) is 0 Å². The molecular formula is C14H9ClN2O4. The fourth-order valence-corrected chi connectivity index (χ4v) is 2.55. The van der Waals surface area contributed by atoms with Crippen LogP contribution in [0.3, 0.4) is 0 Å². The maximum Gasteiger partial charge on any atom is 0.288 e. The highest BCUT2D eigenvalue weighted by Crippen LogP contribution is 2.30. The third-order valence-electron chi connectivity index (χ3n) is 3.27. The second-order valence-electron chi connectivity index (χ2n) is 4.44. The zero-order valence-electron chi connectivity index (χ0n) is 10.8. The van der Waals surface area contributed by atoms with Crippen LogP contribution in [0, 0.1) is 10.1 Å². The van der Waals surface area contributed by atoms with Crippen LogP contribution >= 0.6 is 11.6 Å². The summed E-state index contributed by atoms with van der Waals surface area (Å²) >= 11 is 5.87. The Balaban J connectivity index is 2.52. The van der Waals surface area contributed by atoms with Crippen molar-refractivity contribution in [2.75, 3.05) is 7.11 Å². The Morgan fingerprint density at radius 2 is 2.05 bits per heavy atom. The number of hydrogen-bond acceptors (Lipinski definition) is 4. The van der Waals surface area contributed by atoms with Crippen LogP contribution in [0.25, 0.3) is 21.8 Å². The van der Waals surface area contributed by atoms with E-state index in [1.807, 2.05) is 0 Å². The van der Waals surface area contributed by atoms with Crippen molar-refractivity contribution < 1.29 is 9.66 Å². The van der Waals surface area contributed by atoms with Crippen LogP contribution in [0.4, 0.5) is 5.69 Å². The quantitative estimate of drug-likeness (QED) is 0.447. The molecule has 3 rings (SSSR count). The lowest BCUT2D eigenvalue weighted by Gasteiger charge is -2.07. The number of ether oxygens (including phenoxy) is 1. The van der Waals surface area contributed by atoms with E-state index in [4.69, 9.17) is 16.3 Å². The number of nitro benzene ring substituents is 1. The van der Waals surface area contributed by atoms with Crippen LogP contribution in [0.15, 0.2) is 35.1 Å². The topological polar surface area (TPSA) is 85.2 Å². The Morgan fingerprint density at radius 3 is 2.71 bits per heavy atom. The molecule has 0 bridgehead atoms. The minimum absolute atomic E-state index is 0.0228. The molecule has 6 nitrogen and oxygen atoms in total.